The summed E-state index contributed by atoms with van der Waals surface area (Å²) in [5.74, 6) is -3.82. The number of carbonyl (C=O) groups excluding carboxylic acids is 3. The molecule has 1 aromatic heterocycles. The molecule has 100 heavy (non-hydrogen) atoms. The van der Waals surface area contributed by atoms with E-state index in [0.29, 0.717) is 86.9 Å². The molecule has 0 spiro atoms. The van der Waals surface area contributed by atoms with Crippen LogP contribution in [0.4, 0.5) is 60.0 Å². The number of ether oxygens (including phenoxy) is 4. The number of hydrogen-bond donors (Lipinski definition) is 3. The Hall–Kier alpha value is -4.61. The van der Waals surface area contributed by atoms with E-state index in [2.05, 4.69) is 126 Å². The maximum atomic E-state index is 12.6. The molecule has 529 valence electrons. The van der Waals surface area contributed by atoms with Gasteiger partial charge in [-0.05, 0) is 166 Å². The molecular weight excluding hydrogens is 1850 g/mol. The Labute approximate surface area is 694 Å². The second-order valence-electron chi connectivity index (χ2n) is 16.8. The molecule has 9 aromatic rings. The third kappa shape index (κ3) is 44.1. The summed E-state index contributed by atoms with van der Waals surface area (Å²) in [6.45, 7) is 21.6. The van der Waals surface area contributed by atoms with Crippen molar-refractivity contribution in [2.75, 3.05) is 20.4 Å². The normalized spacial score (nSPS) is 9.44. The fourth-order valence-corrected chi connectivity index (χ4v) is 7.95. The van der Waals surface area contributed by atoms with E-state index in [1.54, 1.807) is 87.5 Å². The Balaban J connectivity index is -0.000000262. The molecule has 0 aliphatic heterocycles. The summed E-state index contributed by atoms with van der Waals surface area (Å²) in [6.07, 6.45) is -10.7. The second kappa shape index (κ2) is 58.7. The molecule has 9 rings (SSSR count). The first-order chi connectivity index (χ1) is 46.2. The summed E-state index contributed by atoms with van der Waals surface area (Å²) in [4.78, 5) is 48.4. The fraction of sp³-hybridized carbons (Fsp3) is 0.156. The number of aromatic hydroxyl groups is 1. The number of rotatable bonds is 7. The van der Waals surface area contributed by atoms with E-state index < -0.39 is 37.3 Å². The van der Waals surface area contributed by atoms with Crippen molar-refractivity contribution in [1.29, 1.82) is 0 Å². The van der Waals surface area contributed by atoms with E-state index in [0.717, 1.165) is 32.4 Å². The van der Waals surface area contributed by atoms with Crippen LogP contribution in [0, 0.1) is 25.9 Å². The van der Waals surface area contributed by atoms with Gasteiger partial charge in [-0.1, -0.05) is 149 Å². The van der Waals surface area contributed by atoms with Gasteiger partial charge in [0, 0.05) is 53.7 Å². The molecule has 1 radical (unpaired) electrons. The summed E-state index contributed by atoms with van der Waals surface area (Å²) in [5.41, 5.74) is 2.92. The van der Waals surface area contributed by atoms with Gasteiger partial charge in [0.1, 0.15) is 40.0 Å². The molecule has 0 unspecified atom stereocenters. The number of halogens is 18. The van der Waals surface area contributed by atoms with Crippen LogP contribution in [0.5, 0.6) is 34.5 Å². The average Bonchev–Trinajstić information content (AvgIpc) is 0.777. The van der Waals surface area contributed by atoms with Gasteiger partial charge >= 0.3 is 113 Å². The Morgan fingerprint density at radius 2 is 0.970 bits per heavy atom. The quantitative estimate of drug-likeness (QED) is 0.0258. The number of phenolic OH excluding ortho intramolecular Hbond substituents is 1. The van der Waals surface area contributed by atoms with Gasteiger partial charge in [-0.25, -0.2) is 23.7 Å². The van der Waals surface area contributed by atoms with Crippen LogP contribution in [0.2, 0.25) is 6.32 Å². The summed E-state index contributed by atoms with van der Waals surface area (Å²) in [6, 6.07) is 47.6. The van der Waals surface area contributed by atoms with Gasteiger partial charge in [0.25, 0.3) is 6.47 Å². The smallest absolute Gasteiger partial charge is 1.00 e. The standard InChI is InChI=1S/C14H9BrO2.C13H7Br2NO.C13H8Br2O3.C7H3BrFN.C6H5BrO.C4F6O3.C2H5BF.2C2H6O.CH3F.F2.K.Na.H2O.H/c1-8-2-4-10-13(6-8)17-12-5-3-9(15)7-11(12)14(10)16;1-16-12-7-4-10(15)8-13(12)17-11-5-2-9(14)3-6-11;14-9-1-4-11(5-2-9)18-13-7-10(15)3-6-12(13)17-8-16;1-10-7-3-2-5(8)4-6(7)9;7-5-1-3-6(8)4-2-5;5-3(6,7)1(11)13-2(12)4(8,9)10;1-2-3-4;2*1-2-3;2*1-2;;;;/h2-7H,1H3;2-8H;1-8H;2-4H;1-4,8H;;2H2,1H3;2*3H,2H2,1H3;1H3;;;;1H2;/q;;;;;;;;;;;2*+1;;-1/p-1/i;;;;;;;;;1D;;;;;. The van der Waals surface area contributed by atoms with E-state index in [-0.39, 0.29) is 112 Å². The molecule has 36 heteroatoms. The van der Waals surface area contributed by atoms with Crippen LogP contribution >= 0.6 is 112 Å². The van der Waals surface area contributed by atoms with Gasteiger partial charge in [-0.15, -0.1) is 0 Å². The molecule has 0 bridgehead atoms. The fourth-order valence-electron chi connectivity index (χ4n) is 5.78. The Bertz CT molecular complexity index is 3970. The predicted molar refractivity (Wildman–Crippen MR) is 377 cm³/mol. The van der Waals surface area contributed by atoms with Crippen LogP contribution in [-0.2, 0) is 19.1 Å². The predicted octanol–water partition coefficient (Wildman–Crippen LogP) is 17.0. The molecule has 4 N–H and O–H groups in total. The number of aryl methyl sites for hydroxylation is 1. The number of aliphatic hydroxyl groups is 2. The first kappa shape index (κ1) is 102. The minimum Gasteiger partial charge on any atom is -1.00 e. The second-order valence-corrected chi connectivity index (χ2v) is 23.2. The van der Waals surface area contributed by atoms with Crippen molar-refractivity contribution in [3.05, 3.63) is 240 Å². The number of hydrogen-bond acceptors (Lipinski definition) is 13. The first-order valence-electron chi connectivity index (χ1n) is 26.8. The topological polar surface area (TPSA) is 218 Å². The van der Waals surface area contributed by atoms with Crippen molar-refractivity contribution in [2.24, 2.45) is 0 Å². The molecule has 0 saturated carbocycles. The number of nitrogens with zero attached hydrogens (tertiary/aromatic N) is 2. The molecule has 15 nitrogen and oxygen atoms in total. The Morgan fingerprint density at radius 3 is 1.37 bits per heavy atom. The van der Waals surface area contributed by atoms with Gasteiger partial charge in [0.15, 0.2) is 11.5 Å². The van der Waals surface area contributed by atoms with Crippen molar-refractivity contribution in [3.63, 3.8) is 0 Å². The van der Waals surface area contributed by atoms with E-state index in [1.165, 1.54) is 12.1 Å². The number of fused-ring (bicyclic) bond motifs is 2. The number of aliphatic hydroxyl groups excluding tert-OH is 2. The van der Waals surface area contributed by atoms with E-state index >= 15 is 0 Å². The molecular formula is C64H54BBr7F11KN2NaO13. The van der Waals surface area contributed by atoms with Crippen LogP contribution in [0.25, 0.3) is 31.6 Å². The number of alkyl halides is 7. The molecule has 0 saturated heterocycles. The molecule has 0 amide bonds. The number of phenols is 1. The van der Waals surface area contributed by atoms with E-state index in [4.69, 9.17) is 57.6 Å². The van der Waals surface area contributed by atoms with Gasteiger partial charge in [-0.3, -0.25) is 14.0 Å². The van der Waals surface area contributed by atoms with Crippen molar-refractivity contribution >= 4 is 171 Å². The summed E-state index contributed by atoms with van der Waals surface area (Å²) >= 11 is 23.1. The maximum absolute atomic E-state index is 12.6. The van der Waals surface area contributed by atoms with Crippen molar-refractivity contribution in [3.8, 4) is 34.5 Å². The Kier molecular flexibility index (Phi) is 59.8. The maximum Gasteiger partial charge on any atom is 1.00 e. The third-order valence-corrected chi connectivity index (χ3v) is 13.2. The minimum absolute atomic E-state index is 0. The average molecular weight is 1900 g/mol. The molecule has 8 aromatic carbocycles. The van der Waals surface area contributed by atoms with Gasteiger partial charge in [-0.2, -0.15) is 26.3 Å². The van der Waals surface area contributed by atoms with Crippen LogP contribution in [0.1, 0.15) is 29.1 Å². The zero-order chi connectivity index (χ0) is 75.1. The molecule has 0 aliphatic carbocycles. The van der Waals surface area contributed by atoms with Crippen LogP contribution in [0.3, 0.4) is 0 Å². The zero-order valence-electron chi connectivity index (χ0n) is 54.7. The number of carbonyl (C=O) groups is 3. The largest absolute Gasteiger partial charge is 1.00 e. The molecule has 1 heterocycles. The first-order valence-corrected chi connectivity index (χ1v) is 31.7. The summed E-state index contributed by atoms with van der Waals surface area (Å²) < 4.78 is 152. The number of esters is 2. The summed E-state index contributed by atoms with van der Waals surface area (Å²) in [5, 5.41) is 25.1. The van der Waals surface area contributed by atoms with Crippen LogP contribution in [-0.4, -0.2) is 79.5 Å². The van der Waals surface area contributed by atoms with Crippen molar-refractivity contribution < 1.29 is 191 Å². The van der Waals surface area contributed by atoms with Crippen molar-refractivity contribution in [2.45, 2.75) is 46.4 Å². The van der Waals surface area contributed by atoms with Gasteiger partial charge < -0.3 is 49.9 Å². The van der Waals surface area contributed by atoms with Crippen LogP contribution in [0.15, 0.2) is 204 Å². The minimum atomic E-state index is -5.62. The molecule has 0 atom stereocenters. The third-order valence-electron chi connectivity index (χ3n) is 9.65. The van der Waals surface area contributed by atoms with Gasteiger partial charge in [0.2, 0.25) is 16.8 Å². The van der Waals surface area contributed by atoms with Crippen molar-refractivity contribution in [1.82, 2.24) is 0 Å². The summed E-state index contributed by atoms with van der Waals surface area (Å²) in [7, 11) is -0.375. The van der Waals surface area contributed by atoms with Gasteiger partial charge in [0.05, 0.1) is 32.4 Å². The zero-order valence-corrected chi connectivity index (χ0v) is 69.0. The SMILES string of the molecule is CCO.CCO.CC[B]F.Cc1ccc2c(=O)c3cc(Br)ccc3oc2c1.FF.O=C(OC(=O)C(F)(F)F)C(F)(F)F.O=COc1ccc(Br)cc1Oc1ccc(Br)cc1.Oc1ccc(Br)cc1.[2H]CF.[C-]#[N+]c1ccc(Br)cc1F.[C-]#[N+]c1ccc(Br)cc1Oc1ccc(Br)cc1.[H-].[K+].[Na+].[OH-]. The Morgan fingerprint density at radius 1 is 0.600 bits per heavy atom. The van der Waals surface area contributed by atoms with E-state index in [9.17, 15) is 58.6 Å². The van der Waals surface area contributed by atoms with Crippen LogP contribution < -0.4 is 101 Å². The monoisotopic (exact) mass is 1890 g/mol. The molecule has 0 fully saturated rings. The molecule has 0 aliphatic rings. The number of benzene rings is 8. The van der Waals surface area contributed by atoms with E-state index in [1.807, 2.05) is 91.9 Å².